The lowest BCUT2D eigenvalue weighted by Crippen LogP contribution is -2.08. The molecule has 0 fully saturated rings. The number of hydrogen-bond acceptors (Lipinski definition) is 1. The third kappa shape index (κ3) is 2.02. The molecule has 1 unspecified atom stereocenters. The Morgan fingerprint density at radius 1 is 1.36 bits per heavy atom. The van der Waals surface area contributed by atoms with Crippen LogP contribution in [0.2, 0.25) is 0 Å². The Kier molecular flexibility index (Phi) is 2.60. The van der Waals surface area contributed by atoms with Gasteiger partial charge in [-0.05, 0) is 24.1 Å². The van der Waals surface area contributed by atoms with E-state index in [1.165, 1.54) is 12.1 Å². The van der Waals surface area contributed by atoms with E-state index in [1.807, 2.05) is 6.92 Å². The van der Waals surface area contributed by atoms with E-state index in [9.17, 15) is 4.39 Å². The molecule has 0 saturated heterocycles. The number of benzene rings is 1. The molecular weight excluding hydrogens is 141 g/mol. The summed E-state index contributed by atoms with van der Waals surface area (Å²) in [5.41, 5.74) is 6.72. The van der Waals surface area contributed by atoms with Crippen molar-refractivity contribution >= 4 is 0 Å². The van der Waals surface area contributed by atoms with E-state index in [0.29, 0.717) is 0 Å². The Morgan fingerprint density at radius 3 is 2.36 bits per heavy atom. The van der Waals surface area contributed by atoms with E-state index < -0.39 is 0 Å². The quantitative estimate of drug-likeness (QED) is 0.692. The van der Waals surface area contributed by atoms with Crippen LogP contribution < -0.4 is 5.73 Å². The van der Waals surface area contributed by atoms with E-state index in [-0.39, 0.29) is 11.9 Å². The third-order valence-corrected chi connectivity index (χ3v) is 1.74. The van der Waals surface area contributed by atoms with Gasteiger partial charge in [-0.2, -0.15) is 0 Å². The maximum Gasteiger partial charge on any atom is 0.123 e. The van der Waals surface area contributed by atoms with Crippen molar-refractivity contribution in [2.24, 2.45) is 5.73 Å². The largest absolute Gasteiger partial charge is 0.324 e. The highest BCUT2D eigenvalue weighted by Gasteiger charge is 2.01. The predicted molar refractivity (Wildman–Crippen MR) is 43.6 cm³/mol. The SMILES string of the molecule is CCC(N)c1ccc(F)cc1. The van der Waals surface area contributed by atoms with Gasteiger partial charge in [0.2, 0.25) is 0 Å². The summed E-state index contributed by atoms with van der Waals surface area (Å²) in [5, 5.41) is 0. The molecule has 0 aromatic heterocycles. The average Bonchev–Trinajstić information content (AvgIpc) is 2.05. The van der Waals surface area contributed by atoms with Gasteiger partial charge in [-0.15, -0.1) is 0 Å². The lowest BCUT2D eigenvalue weighted by atomic mass is 10.1. The minimum absolute atomic E-state index is 0.0376. The van der Waals surface area contributed by atoms with Gasteiger partial charge in [0.1, 0.15) is 5.82 Å². The Labute approximate surface area is 66.0 Å². The number of rotatable bonds is 2. The lowest BCUT2D eigenvalue weighted by Gasteiger charge is -2.07. The minimum atomic E-state index is -0.211. The summed E-state index contributed by atoms with van der Waals surface area (Å²) < 4.78 is 12.4. The van der Waals surface area contributed by atoms with Crippen LogP contribution in [0.3, 0.4) is 0 Å². The van der Waals surface area contributed by atoms with E-state index in [0.717, 1.165) is 12.0 Å². The average molecular weight is 153 g/mol. The van der Waals surface area contributed by atoms with Gasteiger partial charge in [-0.3, -0.25) is 0 Å². The molecule has 1 aromatic rings. The van der Waals surface area contributed by atoms with Crippen molar-refractivity contribution in [3.8, 4) is 0 Å². The molecule has 1 atom stereocenters. The molecule has 0 spiro atoms. The standard InChI is InChI=1S/C9H12FN/c1-2-9(11)7-3-5-8(10)6-4-7/h3-6,9H,2,11H2,1H3. The molecule has 0 bridgehead atoms. The van der Waals surface area contributed by atoms with Gasteiger partial charge in [0.15, 0.2) is 0 Å². The van der Waals surface area contributed by atoms with Crippen molar-refractivity contribution in [3.05, 3.63) is 35.6 Å². The van der Waals surface area contributed by atoms with Gasteiger partial charge in [-0.25, -0.2) is 4.39 Å². The van der Waals surface area contributed by atoms with E-state index in [1.54, 1.807) is 12.1 Å². The van der Waals surface area contributed by atoms with Gasteiger partial charge in [0, 0.05) is 6.04 Å². The first-order valence-corrected chi connectivity index (χ1v) is 3.75. The second-order valence-corrected chi connectivity index (χ2v) is 2.57. The van der Waals surface area contributed by atoms with Gasteiger partial charge < -0.3 is 5.73 Å². The second-order valence-electron chi connectivity index (χ2n) is 2.57. The van der Waals surface area contributed by atoms with Crippen LogP contribution in [0.25, 0.3) is 0 Å². The van der Waals surface area contributed by atoms with Crippen molar-refractivity contribution in [1.82, 2.24) is 0 Å². The van der Waals surface area contributed by atoms with Crippen LogP contribution in [0.1, 0.15) is 24.9 Å². The molecule has 1 nitrogen and oxygen atoms in total. The number of hydrogen-bond donors (Lipinski definition) is 1. The van der Waals surface area contributed by atoms with Crippen LogP contribution in [0, 0.1) is 5.82 Å². The van der Waals surface area contributed by atoms with Gasteiger partial charge >= 0.3 is 0 Å². The van der Waals surface area contributed by atoms with Crippen LogP contribution in [0.4, 0.5) is 4.39 Å². The van der Waals surface area contributed by atoms with Crippen molar-refractivity contribution in [2.45, 2.75) is 19.4 Å². The number of nitrogens with two attached hydrogens (primary N) is 1. The third-order valence-electron chi connectivity index (χ3n) is 1.74. The molecule has 0 saturated carbocycles. The Balaban J connectivity index is 2.81. The summed E-state index contributed by atoms with van der Waals surface area (Å²) in [5.74, 6) is -0.211. The summed E-state index contributed by atoms with van der Waals surface area (Å²) >= 11 is 0. The van der Waals surface area contributed by atoms with Crippen molar-refractivity contribution < 1.29 is 4.39 Å². The molecule has 1 aromatic carbocycles. The first kappa shape index (κ1) is 8.21. The molecule has 0 radical (unpaired) electrons. The fourth-order valence-corrected chi connectivity index (χ4v) is 0.946. The first-order chi connectivity index (χ1) is 5.24. The monoisotopic (exact) mass is 153 g/mol. The van der Waals surface area contributed by atoms with Gasteiger partial charge in [0.05, 0.1) is 0 Å². The van der Waals surface area contributed by atoms with E-state index >= 15 is 0 Å². The predicted octanol–water partition coefficient (Wildman–Crippen LogP) is 2.24. The highest BCUT2D eigenvalue weighted by Crippen LogP contribution is 2.13. The number of halogens is 1. The summed E-state index contributed by atoms with van der Waals surface area (Å²) in [6.45, 7) is 2.01. The molecule has 0 amide bonds. The maximum absolute atomic E-state index is 12.4. The van der Waals surface area contributed by atoms with Crippen molar-refractivity contribution in [1.29, 1.82) is 0 Å². The highest BCUT2D eigenvalue weighted by molar-refractivity contribution is 5.19. The molecule has 0 aliphatic heterocycles. The van der Waals surface area contributed by atoms with E-state index in [4.69, 9.17) is 5.73 Å². The van der Waals surface area contributed by atoms with Crippen LogP contribution in [-0.2, 0) is 0 Å². The topological polar surface area (TPSA) is 26.0 Å². The summed E-state index contributed by atoms with van der Waals surface area (Å²) in [6, 6.07) is 6.36. The van der Waals surface area contributed by atoms with Crippen LogP contribution in [0.15, 0.2) is 24.3 Å². The van der Waals surface area contributed by atoms with Gasteiger partial charge in [0.25, 0.3) is 0 Å². The maximum atomic E-state index is 12.4. The smallest absolute Gasteiger partial charge is 0.123 e. The first-order valence-electron chi connectivity index (χ1n) is 3.75. The highest BCUT2D eigenvalue weighted by atomic mass is 19.1. The van der Waals surface area contributed by atoms with Gasteiger partial charge in [-0.1, -0.05) is 19.1 Å². The lowest BCUT2D eigenvalue weighted by molar-refractivity contribution is 0.623. The van der Waals surface area contributed by atoms with E-state index in [2.05, 4.69) is 0 Å². The fraction of sp³-hybridized carbons (Fsp3) is 0.333. The zero-order chi connectivity index (χ0) is 8.27. The molecule has 0 aliphatic rings. The zero-order valence-corrected chi connectivity index (χ0v) is 6.55. The van der Waals surface area contributed by atoms with Crippen LogP contribution >= 0.6 is 0 Å². The van der Waals surface area contributed by atoms with Crippen molar-refractivity contribution in [3.63, 3.8) is 0 Å². The Hall–Kier alpha value is -0.890. The summed E-state index contributed by atoms with van der Waals surface area (Å²) in [7, 11) is 0. The molecule has 2 heteroatoms. The minimum Gasteiger partial charge on any atom is -0.324 e. The summed E-state index contributed by atoms with van der Waals surface area (Å²) in [6.07, 6.45) is 0.881. The molecule has 11 heavy (non-hydrogen) atoms. The van der Waals surface area contributed by atoms with Crippen LogP contribution in [-0.4, -0.2) is 0 Å². The summed E-state index contributed by atoms with van der Waals surface area (Å²) in [4.78, 5) is 0. The van der Waals surface area contributed by atoms with Crippen molar-refractivity contribution in [2.75, 3.05) is 0 Å². The Morgan fingerprint density at radius 2 is 1.91 bits per heavy atom. The molecule has 1 rings (SSSR count). The second kappa shape index (κ2) is 3.49. The molecular formula is C9H12FN. The zero-order valence-electron chi connectivity index (χ0n) is 6.55. The molecule has 60 valence electrons. The fourth-order valence-electron chi connectivity index (χ4n) is 0.946. The van der Waals surface area contributed by atoms with Crippen LogP contribution in [0.5, 0.6) is 0 Å². The molecule has 2 N–H and O–H groups in total. The Bertz CT molecular complexity index is 218. The molecule has 0 heterocycles. The normalized spacial score (nSPS) is 13.0. The molecule has 0 aliphatic carbocycles.